The molecule has 5 nitrogen and oxygen atoms in total. The fourth-order valence-electron chi connectivity index (χ4n) is 2.62. The predicted octanol–water partition coefficient (Wildman–Crippen LogP) is 3.92. The number of carbonyl (C=O) groups is 1. The van der Waals surface area contributed by atoms with Gasteiger partial charge in [0.1, 0.15) is 5.82 Å². The van der Waals surface area contributed by atoms with Crippen LogP contribution in [0.4, 0.5) is 4.39 Å². The maximum absolute atomic E-state index is 14.4. The molecule has 0 bridgehead atoms. The summed E-state index contributed by atoms with van der Waals surface area (Å²) >= 11 is 3.52. The zero-order valence-corrected chi connectivity index (χ0v) is 15.7. The van der Waals surface area contributed by atoms with Crippen LogP contribution in [0.3, 0.4) is 0 Å². The quantitative estimate of drug-likeness (QED) is 0.415. The minimum atomic E-state index is -2.34. The molecule has 0 aliphatic carbocycles. The van der Waals surface area contributed by atoms with E-state index < -0.39 is 29.1 Å². The molecule has 0 saturated carbocycles. The minimum absolute atomic E-state index is 0.0748. The normalized spacial score (nSPS) is 13.4. The number of benzene rings is 2. The third kappa shape index (κ3) is 5.11. The summed E-state index contributed by atoms with van der Waals surface area (Å²) in [7, 11) is 1.21. The number of hydrogen-bond acceptors (Lipinski definition) is 3. The zero-order valence-electron chi connectivity index (χ0n) is 14.1. The maximum atomic E-state index is 14.4. The summed E-state index contributed by atoms with van der Waals surface area (Å²) in [6.45, 7) is -0.118. The van der Waals surface area contributed by atoms with Gasteiger partial charge in [-0.1, -0.05) is 36.4 Å². The first-order valence-corrected chi connectivity index (χ1v) is 9.43. The van der Waals surface area contributed by atoms with Gasteiger partial charge in [-0.25, -0.2) is 13.4 Å². The lowest BCUT2D eigenvalue weighted by atomic mass is 10.0. The molecule has 2 aromatic rings. The molecular weight excluding hydrogens is 381 g/mol. The van der Waals surface area contributed by atoms with Crippen LogP contribution in [0.5, 0.6) is 0 Å². The second-order valence-electron chi connectivity index (χ2n) is 5.51. The van der Waals surface area contributed by atoms with E-state index in [1.807, 2.05) is 30.3 Å². The van der Waals surface area contributed by atoms with Crippen molar-refractivity contribution in [3.8, 4) is 0 Å². The van der Waals surface area contributed by atoms with Gasteiger partial charge in [0.05, 0.1) is 18.7 Å². The number of carbonyl (C=O) groups excluding carboxylic acids is 1. The molecule has 0 aliphatic rings. The molecule has 0 radical (unpaired) electrons. The first kappa shape index (κ1) is 20.5. The summed E-state index contributed by atoms with van der Waals surface area (Å²) in [5.74, 6) is -1.03. The van der Waals surface area contributed by atoms with Crippen molar-refractivity contribution < 1.29 is 22.7 Å². The van der Waals surface area contributed by atoms with Crippen LogP contribution in [0, 0.1) is 5.82 Å². The molecule has 2 unspecified atom stereocenters. The summed E-state index contributed by atoms with van der Waals surface area (Å²) in [5.41, 5.74) is 1.07. The van der Waals surface area contributed by atoms with Crippen LogP contribution in [0.25, 0.3) is 0 Å². The first-order valence-electron chi connectivity index (χ1n) is 7.83. The van der Waals surface area contributed by atoms with Gasteiger partial charge < -0.3 is 4.74 Å². The average molecular weight is 400 g/mol. The van der Waals surface area contributed by atoms with E-state index in [2.05, 4.69) is 4.74 Å². The Balaban J connectivity index is 2.32. The Morgan fingerprint density at radius 1 is 1.31 bits per heavy atom. The number of nitrogens with zero attached hydrogens (tertiary/aromatic N) is 1. The monoisotopic (exact) mass is 399 g/mol. The zero-order chi connectivity index (χ0) is 19.1. The van der Waals surface area contributed by atoms with Crippen LogP contribution < -0.4 is 0 Å². The molecule has 26 heavy (non-hydrogen) atoms. The highest BCUT2D eigenvalue weighted by Crippen LogP contribution is 2.28. The molecule has 140 valence electrons. The lowest BCUT2D eigenvalue weighted by Crippen LogP contribution is -2.31. The molecule has 8 heteroatoms. The van der Waals surface area contributed by atoms with Gasteiger partial charge >= 0.3 is 5.97 Å². The Morgan fingerprint density at radius 2 is 2.00 bits per heavy atom. The molecule has 0 aromatic heterocycles. The molecule has 0 fully saturated rings. The van der Waals surface area contributed by atoms with Crippen LogP contribution in [0.2, 0.25) is 0 Å². The van der Waals surface area contributed by atoms with Gasteiger partial charge in [-0.05, 0) is 24.1 Å². The summed E-state index contributed by atoms with van der Waals surface area (Å²) in [6, 6.07) is 12.6. The van der Waals surface area contributed by atoms with Crippen LogP contribution >= 0.6 is 11.6 Å². The second kappa shape index (κ2) is 9.78. The minimum Gasteiger partial charge on any atom is -0.465 e. The molecule has 2 aromatic carbocycles. The van der Waals surface area contributed by atoms with Crippen molar-refractivity contribution in [2.45, 2.75) is 19.0 Å². The number of alkyl halides is 1. The predicted molar refractivity (Wildman–Crippen MR) is 98.6 cm³/mol. The second-order valence-corrected chi connectivity index (χ2v) is 6.82. The molecule has 0 heterocycles. The molecule has 2 atom stereocenters. The standard InChI is InChI=1S/C18H19ClFNO4S/c1-25-18(22)14-7-8-15(16(20)11-14)12-21(26(23)24)17(9-10-19)13-5-3-2-4-6-13/h2-8,11,17H,9-10,12H2,1H3,(H,23,24). The molecule has 1 N–H and O–H groups in total. The average Bonchev–Trinajstić information content (AvgIpc) is 2.65. The number of methoxy groups -OCH3 is 1. The van der Waals surface area contributed by atoms with Crippen molar-refractivity contribution in [2.24, 2.45) is 0 Å². The van der Waals surface area contributed by atoms with E-state index in [-0.39, 0.29) is 23.6 Å². The van der Waals surface area contributed by atoms with Crippen molar-refractivity contribution in [3.63, 3.8) is 0 Å². The van der Waals surface area contributed by atoms with Crippen molar-refractivity contribution in [1.29, 1.82) is 0 Å². The molecule has 0 amide bonds. The van der Waals surface area contributed by atoms with E-state index in [1.165, 1.54) is 23.5 Å². The van der Waals surface area contributed by atoms with Crippen LogP contribution in [-0.4, -0.2) is 32.0 Å². The summed E-state index contributed by atoms with van der Waals surface area (Å²) in [6.07, 6.45) is 0.416. The Labute approximate surface area is 159 Å². The van der Waals surface area contributed by atoms with Gasteiger partial charge in [-0.2, -0.15) is 4.31 Å². The van der Waals surface area contributed by atoms with Crippen LogP contribution in [0.15, 0.2) is 48.5 Å². The summed E-state index contributed by atoms with van der Waals surface area (Å²) < 4.78 is 41.9. The molecule has 0 spiro atoms. The highest BCUT2D eigenvalue weighted by atomic mass is 35.5. The van der Waals surface area contributed by atoms with E-state index in [0.29, 0.717) is 6.42 Å². The molecule has 0 aliphatic heterocycles. The molecular formula is C18H19ClFNO4S. The lowest BCUT2D eigenvalue weighted by Gasteiger charge is -2.28. The number of hydrogen-bond donors (Lipinski definition) is 1. The third-order valence-electron chi connectivity index (χ3n) is 3.92. The van der Waals surface area contributed by atoms with Crippen molar-refractivity contribution in [2.75, 3.05) is 13.0 Å². The number of halogens is 2. The van der Waals surface area contributed by atoms with Gasteiger partial charge in [-0.15, -0.1) is 11.6 Å². The van der Waals surface area contributed by atoms with Gasteiger partial charge in [0.25, 0.3) is 0 Å². The summed E-state index contributed by atoms with van der Waals surface area (Å²) in [4.78, 5) is 11.5. The van der Waals surface area contributed by atoms with Crippen LogP contribution in [-0.2, 0) is 22.5 Å². The third-order valence-corrected chi connectivity index (χ3v) is 4.92. The van der Waals surface area contributed by atoms with E-state index in [9.17, 15) is 17.9 Å². The highest BCUT2D eigenvalue weighted by Gasteiger charge is 2.26. The topological polar surface area (TPSA) is 66.8 Å². The first-order chi connectivity index (χ1) is 12.5. The molecule has 0 saturated heterocycles. The SMILES string of the molecule is COC(=O)c1ccc(CN(C(CCCl)c2ccccc2)S(=O)O)c(F)c1. The van der Waals surface area contributed by atoms with E-state index >= 15 is 0 Å². The van der Waals surface area contributed by atoms with E-state index in [0.717, 1.165) is 11.6 Å². The Hall–Kier alpha value is -1.80. The van der Waals surface area contributed by atoms with Crippen molar-refractivity contribution in [1.82, 2.24) is 4.31 Å². The largest absolute Gasteiger partial charge is 0.465 e. The fraction of sp³-hybridized carbons (Fsp3) is 0.278. The van der Waals surface area contributed by atoms with Crippen molar-refractivity contribution >= 4 is 28.8 Å². The van der Waals surface area contributed by atoms with E-state index in [4.69, 9.17) is 11.6 Å². The summed E-state index contributed by atoms with van der Waals surface area (Å²) in [5, 5.41) is 0. The number of ether oxygens (including phenoxy) is 1. The fourth-order valence-corrected chi connectivity index (χ4v) is 3.52. The van der Waals surface area contributed by atoms with Gasteiger partial charge in [-0.3, -0.25) is 4.55 Å². The van der Waals surface area contributed by atoms with Crippen LogP contribution in [0.1, 0.15) is 33.9 Å². The van der Waals surface area contributed by atoms with E-state index in [1.54, 1.807) is 0 Å². The number of rotatable bonds is 8. The highest BCUT2D eigenvalue weighted by molar-refractivity contribution is 7.76. The Morgan fingerprint density at radius 3 is 2.54 bits per heavy atom. The lowest BCUT2D eigenvalue weighted by molar-refractivity contribution is 0.0600. The molecule has 2 rings (SSSR count). The Bertz CT molecular complexity index is 775. The maximum Gasteiger partial charge on any atom is 0.337 e. The Kier molecular flexibility index (Phi) is 7.71. The smallest absolute Gasteiger partial charge is 0.337 e. The van der Waals surface area contributed by atoms with Gasteiger partial charge in [0, 0.05) is 18.0 Å². The van der Waals surface area contributed by atoms with Crippen molar-refractivity contribution in [3.05, 3.63) is 71.0 Å². The van der Waals surface area contributed by atoms with Gasteiger partial charge in [0.2, 0.25) is 11.3 Å². The van der Waals surface area contributed by atoms with Gasteiger partial charge in [0.15, 0.2) is 0 Å². The number of esters is 1.